The van der Waals surface area contributed by atoms with Crippen molar-refractivity contribution in [2.45, 2.75) is 40.2 Å². The fourth-order valence-corrected chi connectivity index (χ4v) is 3.86. The van der Waals surface area contributed by atoms with Gasteiger partial charge in [-0.15, -0.1) is 11.3 Å². The monoisotopic (exact) mass is 441 g/mol. The van der Waals surface area contributed by atoms with Gasteiger partial charge in [-0.2, -0.15) is 0 Å². The molecule has 0 bridgehead atoms. The average Bonchev–Trinajstić information content (AvgIpc) is 3.12. The fraction of sp³-hybridized carbons (Fsp3) is 0.333. The average molecular weight is 442 g/mol. The Morgan fingerprint density at radius 3 is 2.45 bits per heavy atom. The fourth-order valence-electron chi connectivity index (χ4n) is 2.88. The van der Waals surface area contributed by atoms with Crippen LogP contribution in [0.15, 0.2) is 42.5 Å². The van der Waals surface area contributed by atoms with Crippen LogP contribution in [0.4, 0.5) is 0 Å². The van der Waals surface area contributed by atoms with E-state index in [1.54, 1.807) is 23.5 Å². The second-order valence-corrected chi connectivity index (χ2v) is 8.24. The number of aromatic nitrogens is 1. The van der Waals surface area contributed by atoms with Crippen molar-refractivity contribution in [3.05, 3.63) is 58.6 Å². The summed E-state index contributed by atoms with van der Waals surface area (Å²) in [5, 5.41) is 9.69. The molecule has 3 rings (SSSR count). The van der Waals surface area contributed by atoms with E-state index >= 15 is 0 Å². The molecule has 3 aromatic rings. The van der Waals surface area contributed by atoms with E-state index < -0.39 is 5.97 Å². The van der Waals surface area contributed by atoms with E-state index in [1.807, 2.05) is 44.2 Å². The summed E-state index contributed by atoms with van der Waals surface area (Å²) in [6, 6.07) is 13.4. The summed E-state index contributed by atoms with van der Waals surface area (Å²) in [7, 11) is 0. The predicted molar refractivity (Wildman–Crippen MR) is 121 cm³/mol. The summed E-state index contributed by atoms with van der Waals surface area (Å²) >= 11 is 1.61. The van der Waals surface area contributed by atoms with Gasteiger partial charge in [0.1, 0.15) is 28.9 Å². The van der Waals surface area contributed by atoms with Gasteiger partial charge in [-0.3, -0.25) is 0 Å². The number of thiazole rings is 1. The van der Waals surface area contributed by atoms with Crippen LogP contribution in [0.5, 0.6) is 17.2 Å². The molecule has 31 heavy (non-hydrogen) atoms. The van der Waals surface area contributed by atoms with Crippen LogP contribution in [0.1, 0.15) is 35.9 Å². The SMILES string of the molecule is CCCCOc1ccc(-c2nc(C)c(COc3ccc(OCC(=O)O)c(C)c3)s2)cc1. The minimum absolute atomic E-state index is 0.365. The molecule has 0 aliphatic rings. The minimum atomic E-state index is -1.00. The zero-order chi connectivity index (χ0) is 22.2. The number of benzene rings is 2. The molecule has 1 aromatic heterocycles. The van der Waals surface area contributed by atoms with Gasteiger partial charge in [0.2, 0.25) is 0 Å². The highest BCUT2D eigenvalue weighted by Crippen LogP contribution is 2.31. The number of aryl methyl sites for hydroxylation is 2. The molecule has 0 unspecified atom stereocenters. The first-order valence-corrected chi connectivity index (χ1v) is 11.1. The molecular formula is C24H27NO5S. The van der Waals surface area contributed by atoms with Gasteiger partial charge < -0.3 is 19.3 Å². The summed E-state index contributed by atoms with van der Waals surface area (Å²) in [6.07, 6.45) is 2.16. The van der Waals surface area contributed by atoms with Crippen LogP contribution in [0.25, 0.3) is 10.6 Å². The largest absolute Gasteiger partial charge is 0.494 e. The Hall–Kier alpha value is -3.06. The Bertz CT molecular complexity index is 1010. The zero-order valence-electron chi connectivity index (χ0n) is 18.0. The lowest BCUT2D eigenvalue weighted by atomic mass is 10.2. The number of carbonyl (C=O) groups is 1. The van der Waals surface area contributed by atoms with Crippen LogP contribution in [0.2, 0.25) is 0 Å². The molecule has 1 heterocycles. The highest BCUT2D eigenvalue weighted by molar-refractivity contribution is 7.15. The Balaban J connectivity index is 1.61. The maximum atomic E-state index is 10.7. The lowest BCUT2D eigenvalue weighted by molar-refractivity contribution is -0.139. The first kappa shape index (κ1) is 22.6. The van der Waals surface area contributed by atoms with Gasteiger partial charge in [-0.25, -0.2) is 9.78 Å². The molecule has 2 aromatic carbocycles. The molecule has 0 aliphatic heterocycles. The Labute approximate surface area is 186 Å². The van der Waals surface area contributed by atoms with Crippen molar-refractivity contribution >= 4 is 17.3 Å². The molecule has 0 saturated heterocycles. The van der Waals surface area contributed by atoms with Crippen LogP contribution in [0.3, 0.4) is 0 Å². The summed E-state index contributed by atoms with van der Waals surface area (Å²) in [5.41, 5.74) is 2.82. The highest BCUT2D eigenvalue weighted by Gasteiger charge is 2.11. The van der Waals surface area contributed by atoms with Crippen LogP contribution in [0, 0.1) is 13.8 Å². The molecule has 7 heteroatoms. The number of unbranched alkanes of at least 4 members (excludes halogenated alkanes) is 1. The molecule has 0 fully saturated rings. The number of carboxylic acids is 1. The second kappa shape index (κ2) is 10.8. The standard InChI is InChI=1S/C24H27NO5S/c1-4-5-12-28-19-8-6-18(7-9-19)24-25-17(3)22(31-24)14-29-20-10-11-21(16(2)13-20)30-15-23(26)27/h6-11,13H,4-5,12,14-15H2,1-3H3,(H,26,27). The number of hydrogen-bond acceptors (Lipinski definition) is 6. The molecule has 6 nitrogen and oxygen atoms in total. The van der Waals surface area contributed by atoms with Gasteiger partial charge >= 0.3 is 5.97 Å². The molecule has 0 atom stereocenters. The van der Waals surface area contributed by atoms with Crippen LogP contribution in [-0.4, -0.2) is 29.3 Å². The van der Waals surface area contributed by atoms with E-state index in [0.29, 0.717) is 18.1 Å². The molecule has 0 amide bonds. The Kier molecular flexibility index (Phi) is 7.89. The maximum absolute atomic E-state index is 10.7. The summed E-state index contributed by atoms with van der Waals surface area (Å²) in [5.74, 6) is 1.10. The van der Waals surface area contributed by atoms with Crippen molar-refractivity contribution in [2.75, 3.05) is 13.2 Å². The Morgan fingerprint density at radius 1 is 1.03 bits per heavy atom. The van der Waals surface area contributed by atoms with E-state index in [0.717, 1.165) is 51.9 Å². The highest BCUT2D eigenvalue weighted by atomic mass is 32.1. The number of nitrogens with zero attached hydrogens (tertiary/aromatic N) is 1. The van der Waals surface area contributed by atoms with Crippen molar-refractivity contribution in [1.82, 2.24) is 4.98 Å². The van der Waals surface area contributed by atoms with Gasteiger partial charge in [-0.1, -0.05) is 13.3 Å². The van der Waals surface area contributed by atoms with E-state index in [-0.39, 0.29) is 6.61 Å². The van der Waals surface area contributed by atoms with E-state index in [4.69, 9.17) is 24.3 Å². The predicted octanol–water partition coefficient (Wildman–Crippen LogP) is 5.65. The number of hydrogen-bond donors (Lipinski definition) is 1. The molecule has 0 aliphatic carbocycles. The lowest BCUT2D eigenvalue weighted by Crippen LogP contribution is -2.10. The number of aliphatic carboxylic acids is 1. The van der Waals surface area contributed by atoms with Crippen LogP contribution >= 0.6 is 11.3 Å². The molecular weight excluding hydrogens is 414 g/mol. The number of carboxylic acid groups (broad SMARTS) is 1. The normalized spacial score (nSPS) is 10.7. The third-order valence-electron chi connectivity index (χ3n) is 4.63. The van der Waals surface area contributed by atoms with Gasteiger partial charge in [-0.05, 0) is 68.3 Å². The first-order chi connectivity index (χ1) is 15.0. The third-order valence-corrected chi connectivity index (χ3v) is 5.81. The summed E-state index contributed by atoms with van der Waals surface area (Å²) in [4.78, 5) is 16.4. The van der Waals surface area contributed by atoms with Gasteiger partial charge in [0.15, 0.2) is 6.61 Å². The topological polar surface area (TPSA) is 77.9 Å². The second-order valence-electron chi connectivity index (χ2n) is 7.15. The Morgan fingerprint density at radius 2 is 1.77 bits per heavy atom. The third kappa shape index (κ3) is 6.46. The molecule has 0 radical (unpaired) electrons. The van der Waals surface area contributed by atoms with Crippen molar-refractivity contribution in [3.63, 3.8) is 0 Å². The van der Waals surface area contributed by atoms with Crippen molar-refractivity contribution in [2.24, 2.45) is 0 Å². The molecule has 0 spiro atoms. The minimum Gasteiger partial charge on any atom is -0.494 e. The van der Waals surface area contributed by atoms with Gasteiger partial charge in [0, 0.05) is 5.56 Å². The van der Waals surface area contributed by atoms with Gasteiger partial charge in [0.05, 0.1) is 17.2 Å². The maximum Gasteiger partial charge on any atom is 0.341 e. The zero-order valence-corrected chi connectivity index (χ0v) is 18.8. The molecule has 0 saturated carbocycles. The van der Waals surface area contributed by atoms with Crippen LogP contribution in [-0.2, 0) is 11.4 Å². The van der Waals surface area contributed by atoms with Crippen molar-refractivity contribution < 1.29 is 24.1 Å². The van der Waals surface area contributed by atoms with Crippen molar-refractivity contribution in [3.8, 4) is 27.8 Å². The van der Waals surface area contributed by atoms with E-state index in [2.05, 4.69) is 6.92 Å². The van der Waals surface area contributed by atoms with Gasteiger partial charge in [0.25, 0.3) is 0 Å². The smallest absolute Gasteiger partial charge is 0.341 e. The van der Waals surface area contributed by atoms with Crippen LogP contribution < -0.4 is 14.2 Å². The van der Waals surface area contributed by atoms with E-state index in [1.165, 1.54) is 0 Å². The molecule has 164 valence electrons. The summed E-state index contributed by atoms with van der Waals surface area (Å²) in [6.45, 7) is 6.77. The van der Waals surface area contributed by atoms with E-state index in [9.17, 15) is 4.79 Å². The number of ether oxygens (including phenoxy) is 3. The number of rotatable bonds is 11. The quantitative estimate of drug-likeness (QED) is 0.388. The van der Waals surface area contributed by atoms with Crippen molar-refractivity contribution in [1.29, 1.82) is 0 Å². The molecule has 1 N–H and O–H groups in total. The first-order valence-electron chi connectivity index (χ1n) is 10.2. The lowest BCUT2D eigenvalue weighted by Gasteiger charge is -2.10. The summed E-state index contributed by atoms with van der Waals surface area (Å²) < 4.78 is 16.9.